The number of unbranched alkanes of at least 4 members (excludes halogenated alkanes) is 1. The highest BCUT2D eigenvalue weighted by Gasteiger charge is 2.50. The van der Waals surface area contributed by atoms with Crippen LogP contribution < -0.4 is 5.32 Å². The summed E-state index contributed by atoms with van der Waals surface area (Å²) in [7, 11) is 0. The molecule has 1 unspecified atom stereocenters. The van der Waals surface area contributed by atoms with Gasteiger partial charge in [0, 0.05) is 13.0 Å². The Bertz CT molecular complexity index is 419. The van der Waals surface area contributed by atoms with E-state index in [1.54, 1.807) is 4.90 Å². The summed E-state index contributed by atoms with van der Waals surface area (Å²) in [6.45, 7) is 2.54. The van der Waals surface area contributed by atoms with Gasteiger partial charge < -0.3 is 10.2 Å². The fourth-order valence-corrected chi connectivity index (χ4v) is 3.44. The number of carbonyl (C=O) groups excluding carboxylic acids is 2. The lowest BCUT2D eigenvalue weighted by Gasteiger charge is -2.47. The molecule has 2 fully saturated rings. The molecule has 4 nitrogen and oxygen atoms in total. The van der Waals surface area contributed by atoms with Crippen LogP contribution in [0.3, 0.4) is 0 Å². The van der Waals surface area contributed by atoms with Crippen LogP contribution in [-0.2, 0) is 9.59 Å². The second-order valence-corrected chi connectivity index (χ2v) is 5.86. The summed E-state index contributed by atoms with van der Waals surface area (Å²) >= 11 is 0. The van der Waals surface area contributed by atoms with Gasteiger partial charge in [0.25, 0.3) is 0 Å². The van der Waals surface area contributed by atoms with Gasteiger partial charge in [-0.3, -0.25) is 9.59 Å². The van der Waals surface area contributed by atoms with Crippen molar-refractivity contribution in [3.63, 3.8) is 0 Å². The molecule has 2 rings (SSSR count). The third-order valence-electron chi connectivity index (χ3n) is 4.53. The average Bonchev–Trinajstić information content (AvgIpc) is 2.45. The van der Waals surface area contributed by atoms with E-state index in [2.05, 4.69) is 11.2 Å². The molecule has 2 aliphatic rings. The summed E-state index contributed by atoms with van der Waals surface area (Å²) in [6, 6.07) is -0.326. The minimum Gasteiger partial charge on any atom is -0.340 e. The Hall–Kier alpha value is -1.50. The van der Waals surface area contributed by atoms with Gasteiger partial charge in [-0.05, 0) is 25.7 Å². The molecule has 1 aliphatic carbocycles. The Morgan fingerprint density at radius 3 is 2.65 bits per heavy atom. The van der Waals surface area contributed by atoms with Gasteiger partial charge in [0.15, 0.2) is 0 Å². The Balaban J connectivity index is 2.17. The van der Waals surface area contributed by atoms with E-state index < -0.39 is 5.54 Å². The predicted molar refractivity (Wildman–Crippen MR) is 77.8 cm³/mol. The van der Waals surface area contributed by atoms with Crippen LogP contribution in [-0.4, -0.2) is 34.8 Å². The first kappa shape index (κ1) is 14.9. The molecule has 110 valence electrons. The second-order valence-electron chi connectivity index (χ2n) is 5.86. The summed E-state index contributed by atoms with van der Waals surface area (Å²) in [6.07, 6.45) is 12.1. The third-order valence-corrected chi connectivity index (χ3v) is 4.53. The zero-order chi connectivity index (χ0) is 14.6. The molecule has 1 heterocycles. The second kappa shape index (κ2) is 6.30. The van der Waals surface area contributed by atoms with Crippen molar-refractivity contribution in [2.45, 2.75) is 69.9 Å². The first-order chi connectivity index (χ1) is 9.64. The Labute approximate surface area is 121 Å². The van der Waals surface area contributed by atoms with Crippen LogP contribution in [0.1, 0.15) is 58.3 Å². The quantitative estimate of drug-likeness (QED) is 0.629. The molecule has 0 aromatic rings. The minimum atomic E-state index is -0.628. The van der Waals surface area contributed by atoms with Gasteiger partial charge in [0.2, 0.25) is 11.8 Å². The van der Waals surface area contributed by atoms with Gasteiger partial charge in [-0.2, -0.15) is 0 Å². The highest BCUT2D eigenvalue weighted by atomic mass is 16.2. The van der Waals surface area contributed by atoms with Crippen LogP contribution in [0.2, 0.25) is 0 Å². The lowest BCUT2D eigenvalue weighted by molar-refractivity contribution is -0.156. The number of nitrogens with one attached hydrogen (secondary N) is 1. The van der Waals surface area contributed by atoms with Crippen molar-refractivity contribution in [2.24, 2.45) is 0 Å². The largest absolute Gasteiger partial charge is 0.340 e. The molecular formula is C16H24N2O2. The van der Waals surface area contributed by atoms with E-state index in [4.69, 9.17) is 6.42 Å². The van der Waals surface area contributed by atoms with Crippen LogP contribution in [0.25, 0.3) is 0 Å². The van der Waals surface area contributed by atoms with Gasteiger partial charge in [-0.25, -0.2) is 0 Å². The summed E-state index contributed by atoms with van der Waals surface area (Å²) in [5.41, 5.74) is -0.628. The SMILES string of the molecule is C#CCCCN1C(=O)C2(CCCCC2)NC(=O)C1CC. The molecule has 1 spiro atoms. The van der Waals surface area contributed by atoms with Gasteiger partial charge in [-0.1, -0.05) is 26.2 Å². The summed E-state index contributed by atoms with van der Waals surface area (Å²) in [5, 5.41) is 3.03. The predicted octanol–water partition coefficient (Wildman–Crippen LogP) is 1.84. The molecule has 0 bridgehead atoms. The van der Waals surface area contributed by atoms with E-state index in [1.165, 1.54) is 0 Å². The number of rotatable bonds is 4. The van der Waals surface area contributed by atoms with Gasteiger partial charge in [0.1, 0.15) is 11.6 Å². The lowest BCUT2D eigenvalue weighted by atomic mass is 9.78. The average molecular weight is 276 g/mol. The van der Waals surface area contributed by atoms with Crippen molar-refractivity contribution in [3.05, 3.63) is 0 Å². The molecule has 1 saturated carbocycles. The number of hydrogen-bond acceptors (Lipinski definition) is 2. The van der Waals surface area contributed by atoms with Crippen molar-refractivity contribution in [3.8, 4) is 12.3 Å². The topological polar surface area (TPSA) is 49.4 Å². The van der Waals surface area contributed by atoms with Crippen LogP contribution >= 0.6 is 0 Å². The molecule has 1 atom stereocenters. The molecule has 0 radical (unpaired) electrons. The molecule has 1 saturated heterocycles. The highest BCUT2D eigenvalue weighted by molar-refractivity contribution is 5.99. The minimum absolute atomic E-state index is 0.00899. The van der Waals surface area contributed by atoms with Crippen molar-refractivity contribution < 1.29 is 9.59 Å². The molecule has 0 aromatic heterocycles. The molecule has 1 aliphatic heterocycles. The highest BCUT2D eigenvalue weighted by Crippen LogP contribution is 2.33. The first-order valence-electron chi connectivity index (χ1n) is 7.71. The summed E-state index contributed by atoms with van der Waals surface area (Å²) < 4.78 is 0. The van der Waals surface area contributed by atoms with E-state index in [0.29, 0.717) is 19.4 Å². The van der Waals surface area contributed by atoms with E-state index in [0.717, 1.165) is 38.5 Å². The molecular weight excluding hydrogens is 252 g/mol. The molecule has 0 aromatic carbocycles. The zero-order valence-electron chi connectivity index (χ0n) is 12.3. The van der Waals surface area contributed by atoms with Gasteiger partial charge in [-0.15, -0.1) is 12.3 Å². The Morgan fingerprint density at radius 1 is 1.35 bits per heavy atom. The summed E-state index contributed by atoms with van der Waals surface area (Å²) in [5.74, 6) is 2.72. The number of nitrogens with zero attached hydrogens (tertiary/aromatic N) is 1. The number of piperazine rings is 1. The maximum Gasteiger partial charge on any atom is 0.249 e. The van der Waals surface area contributed by atoms with E-state index in [-0.39, 0.29) is 17.9 Å². The molecule has 20 heavy (non-hydrogen) atoms. The van der Waals surface area contributed by atoms with E-state index in [9.17, 15) is 9.59 Å². The summed E-state index contributed by atoms with van der Waals surface area (Å²) in [4.78, 5) is 27.0. The third kappa shape index (κ3) is 2.67. The molecule has 2 amide bonds. The number of carbonyl (C=O) groups is 2. The normalized spacial score (nSPS) is 25.4. The van der Waals surface area contributed by atoms with Gasteiger partial charge >= 0.3 is 0 Å². The van der Waals surface area contributed by atoms with Crippen LogP contribution in [0, 0.1) is 12.3 Å². The smallest absolute Gasteiger partial charge is 0.249 e. The fraction of sp³-hybridized carbons (Fsp3) is 0.750. The lowest BCUT2D eigenvalue weighted by Crippen LogP contribution is -2.70. The number of amides is 2. The van der Waals surface area contributed by atoms with Crippen molar-refractivity contribution in [1.29, 1.82) is 0 Å². The van der Waals surface area contributed by atoms with Crippen LogP contribution in [0.5, 0.6) is 0 Å². The fourth-order valence-electron chi connectivity index (χ4n) is 3.44. The van der Waals surface area contributed by atoms with Crippen molar-refractivity contribution in [1.82, 2.24) is 10.2 Å². The zero-order valence-corrected chi connectivity index (χ0v) is 12.3. The van der Waals surface area contributed by atoms with Crippen LogP contribution in [0.15, 0.2) is 0 Å². The Morgan fingerprint density at radius 2 is 2.05 bits per heavy atom. The maximum atomic E-state index is 12.9. The Kier molecular flexibility index (Phi) is 4.69. The maximum absolute atomic E-state index is 12.9. The molecule has 4 heteroatoms. The van der Waals surface area contributed by atoms with Crippen LogP contribution in [0.4, 0.5) is 0 Å². The van der Waals surface area contributed by atoms with E-state index in [1.807, 2.05) is 6.92 Å². The monoisotopic (exact) mass is 276 g/mol. The van der Waals surface area contributed by atoms with Gasteiger partial charge in [0.05, 0.1) is 0 Å². The number of terminal acetylenes is 1. The van der Waals surface area contributed by atoms with E-state index >= 15 is 0 Å². The number of hydrogen-bond donors (Lipinski definition) is 1. The van der Waals surface area contributed by atoms with Crippen molar-refractivity contribution in [2.75, 3.05) is 6.54 Å². The standard InChI is InChI=1S/C16H24N2O2/c1-3-5-9-12-18-13(4-2)14(19)17-16(15(18)20)10-7-6-8-11-16/h1,13H,4-12H2,2H3,(H,17,19). The first-order valence-corrected chi connectivity index (χ1v) is 7.71. The molecule has 1 N–H and O–H groups in total. The van der Waals surface area contributed by atoms with Crippen molar-refractivity contribution >= 4 is 11.8 Å².